The van der Waals surface area contributed by atoms with Crippen molar-refractivity contribution in [2.75, 3.05) is 0 Å². The highest BCUT2D eigenvalue weighted by Crippen LogP contribution is 2.19. The van der Waals surface area contributed by atoms with Crippen LogP contribution in [0.3, 0.4) is 0 Å². The molecule has 0 saturated heterocycles. The van der Waals surface area contributed by atoms with Crippen LogP contribution in [0.25, 0.3) is 20.9 Å². The lowest BCUT2D eigenvalue weighted by molar-refractivity contribution is 0.756. The van der Waals surface area contributed by atoms with Gasteiger partial charge in [0.2, 0.25) is 0 Å². The standard InChI is InChI=1S/C8H8N6/c1-6-2-4-7(5-3-6)8(11-13-9)12-14-10/h2-5,8H,1H3. The van der Waals surface area contributed by atoms with Crippen LogP contribution in [0, 0.1) is 6.92 Å². The van der Waals surface area contributed by atoms with E-state index in [4.69, 9.17) is 11.1 Å². The summed E-state index contributed by atoms with van der Waals surface area (Å²) in [5.41, 5.74) is 18.3. The maximum absolute atomic E-state index is 8.25. The number of benzene rings is 1. The van der Waals surface area contributed by atoms with E-state index in [0.29, 0.717) is 5.56 Å². The third kappa shape index (κ3) is 2.42. The molecule has 6 heteroatoms. The van der Waals surface area contributed by atoms with Gasteiger partial charge in [-0.3, -0.25) is 0 Å². The number of hydrogen-bond donors (Lipinski definition) is 0. The van der Waals surface area contributed by atoms with Crippen molar-refractivity contribution >= 4 is 0 Å². The molecule has 0 spiro atoms. The third-order valence-electron chi connectivity index (χ3n) is 1.70. The van der Waals surface area contributed by atoms with Crippen molar-refractivity contribution in [3.8, 4) is 0 Å². The molecule has 1 aromatic rings. The topological polar surface area (TPSA) is 97.5 Å². The molecule has 1 rings (SSSR count). The van der Waals surface area contributed by atoms with Gasteiger partial charge in [-0.15, -0.1) is 0 Å². The molecule has 0 fully saturated rings. The van der Waals surface area contributed by atoms with Crippen molar-refractivity contribution in [1.82, 2.24) is 0 Å². The van der Waals surface area contributed by atoms with E-state index in [1.54, 1.807) is 12.1 Å². The van der Waals surface area contributed by atoms with E-state index in [-0.39, 0.29) is 0 Å². The number of rotatable bonds is 3. The zero-order chi connectivity index (χ0) is 10.4. The molecule has 0 radical (unpaired) electrons. The first-order chi connectivity index (χ1) is 6.77. The van der Waals surface area contributed by atoms with Gasteiger partial charge in [-0.1, -0.05) is 40.1 Å². The Morgan fingerprint density at radius 2 is 1.57 bits per heavy atom. The highest BCUT2D eigenvalue weighted by Gasteiger charge is 2.05. The summed E-state index contributed by atoms with van der Waals surface area (Å²) in [6, 6.07) is 7.26. The van der Waals surface area contributed by atoms with Crippen LogP contribution < -0.4 is 0 Å². The lowest BCUT2D eigenvalue weighted by atomic mass is 10.1. The maximum atomic E-state index is 8.25. The second-order valence-electron chi connectivity index (χ2n) is 2.69. The quantitative estimate of drug-likeness (QED) is 0.393. The summed E-state index contributed by atoms with van der Waals surface area (Å²) in [4.78, 5) is 5.23. The number of azide groups is 1. The zero-order valence-corrected chi connectivity index (χ0v) is 7.57. The van der Waals surface area contributed by atoms with Crippen LogP contribution in [-0.4, -0.2) is 0 Å². The van der Waals surface area contributed by atoms with Crippen LogP contribution in [0.15, 0.2) is 34.5 Å². The Hall–Kier alpha value is -2.16. The van der Waals surface area contributed by atoms with E-state index in [0.717, 1.165) is 5.56 Å². The SMILES string of the molecule is Cc1ccc(C(N=[N+]=[N-])N=[N+]=[N-])cc1. The average Bonchev–Trinajstić information content (AvgIpc) is 2.19. The minimum absolute atomic E-state index is 0.686. The second kappa shape index (κ2) is 4.77. The van der Waals surface area contributed by atoms with Gasteiger partial charge in [0.05, 0.1) is 0 Å². The number of nitrogens with zero attached hydrogens (tertiary/aromatic N) is 6. The Morgan fingerprint density at radius 1 is 1.07 bits per heavy atom. The molecule has 0 aliphatic carbocycles. The van der Waals surface area contributed by atoms with Crippen molar-refractivity contribution in [2.45, 2.75) is 13.1 Å². The van der Waals surface area contributed by atoms with E-state index in [1.807, 2.05) is 19.1 Å². The van der Waals surface area contributed by atoms with Gasteiger partial charge in [0, 0.05) is 9.82 Å². The Balaban J connectivity index is 3.04. The monoisotopic (exact) mass is 188 g/mol. The predicted molar refractivity (Wildman–Crippen MR) is 52.2 cm³/mol. The molecule has 6 nitrogen and oxygen atoms in total. The summed E-state index contributed by atoms with van der Waals surface area (Å²) in [5, 5.41) is 6.75. The van der Waals surface area contributed by atoms with Crippen LogP contribution >= 0.6 is 0 Å². The summed E-state index contributed by atoms with van der Waals surface area (Å²) >= 11 is 0. The van der Waals surface area contributed by atoms with Gasteiger partial charge in [0.1, 0.15) is 6.17 Å². The van der Waals surface area contributed by atoms with E-state index >= 15 is 0 Å². The van der Waals surface area contributed by atoms with E-state index in [9.17, 15) is 0 Å². The van der Waals surface area contributed by atoms with E-state index in [1.165, 1.54) is 0 Å². The van der Waals surface area contributed by atoms with Crippen LogP contribution in [0.2, 0.25) is 0 Å². The maximum Gasteiger partial charge on any atom is 0.141 e. The minimum atomic E-state index is -0.800. The van der Waals surface area contributed by atoms with Gasteiger partial charge in [0.15, 0.2) is 0 Å². The van der Waals surface area contributed by atoms with Crippen LogP contribution in [0.4, 0.5) is 0 Å². The van der Waals surface area contributed by atoms with Gasteiger partial charge < -0.3 is 0 Å². The summed E-state index contributed by atoms with van der Waals surface area (Å²) in [5.74, 6) is 0. The van der Waals surface area contributed by atoms with Crippen LogP contribution in [-0.2, 0) is 0 Å². The lowest BCUT2D eigenvalue weighted by Crippen LogP contribution is -1.88. The van der Waals surface area contributed by atoms with Crippen molar-refractivity contribution in [3.63, 3.8) is 0 Å². The van der Waals surface area contributed by atoms with Crippen molar-refractivity contribution in [2.24, 2.45) is 10.2 Å². The molecule has 0 unspecified atom stereocenters. The van der Waals surface area contributed by atoms with Crippen LogP contribution in [0.1, 0.15) is 17.3 Å². The molecule has 0 bridgehead atoms. The zero-order valence-electron chi connectivity index (χ0n) is 7.57. The smallest absolute Gasteiger partial charge is 0.0798 e. The summed E-state index contributed by atoms with van der Waals surface area (Å²) in [6.45, 7) is 1.94. The highest BCUT2D eigenvalue weighted by atomic mass is 15.3. The first-order valence-electron chi connectivity index (χ1n) is 3.93. The number of aryl methyl sites for hydroxylation is 1. The first-order valence-corrected chi connectivity index (χ1v) is 3.93. The fourth-order valence-electron chi connectivity index (χ4n) is 0.993. The molecule has 14 heavy (non-hydrogen) atoms. The Bertz CT molecular complexity index is 378. The fraction of sp³-hybridized carbons (Fsp3) is 0.250. The Kier molecular flexibility index (Phi) is 3.38. The van der Waals surface area contributed by atoms with Crippen LogP contribution in [0.5, 0.6) is 0 Å². The number of hydrogen-bond acceptors (Lipinski definition) is 2. The van der Waals surface area contributed by atoms with Crippen molar-refractivity contribution < 1.29 is 0 Å². The molecule has 70 valence electrons. The van der Waals surface area contributed by atoms with Gasteiger partial charge >= 0.3 is 0 Å². The first kappa shape index (κ1) is 9.92. The summed E-state index contributed by atoms with van der Waals surface area (Å²) in [6.07, 6.45) is -0.800. The predicted octanol–water partition coefficient (Wildman–Crippen LogP) is 3.61. The average molecular weight is 188 g/mol. The molecule has 0 aliphatic heterocycles. The molecule has 0 saturated carbocycles. The largest absolute Gasteiger partial charge is 0.141 e. The van der Waals surface area contributed by atoms with Gasteiger partial charge in [0.25, 0.3) is 0 Å². The Labute approximate surface area is 80.4 Å². The van der Waals surface area contributed by atoms with Gasteiger partial charge in [-0.2, -0.15) is 0 Å². The van der Waals surface area contributed by atoms with E-state index < -0.39 is 6.17 Å². The molecule has 1 aromatic carbocycles. The molecular weight excluding hydrogens is 180 g/mol. The summed E-state index contributed by atoms with van der Waals surface area (Å²) in [7, 11) is 0. The molecule has 0 heterocycles. The molecule has 0 aromatic heterocycles. The van der Waals surface area contributed by atoms with Crippen molar-refractivity contribution in [1.29, 1.82) is 0 Å². The third-order valence-corrected chi connectivity index (χ3v) is 1.70. The molecule has 0 N–H and O–H groups in total. The lowest BCUT2D eigenvalue weighted by Gasteiger charge is -2.03. The normalized spacial score (nSPS) is 10.9. The molecule has 0 aliphatic rings. The molecule has 0 amide bonds. The van der Waals surface area contributed by atoms with Gasteiger partial charge in [-0.05, 0) is 23.5 Å². The van der Waals surface area contributed by atoms with Crippen molar-refractivity contribution in [3.05, 3.63) is 56.3 Å². The van der Waals surface area contributed by atoms with E-state index in [2.05, 4.69) is 20.1 Å². The molecular formula is C8H8N6. The summed E-state index contributed by atoms with van der Waals surface area (Å²) < 4.78 is 0. The minimum Gasteiger partial charge on any atom is -0.0798 e. The second-order valence-corrected chi connectivity index (χ2v) is 2.69. The molecule has 0 atom stereocenters. The van der Waals surface area contributed by atoms with Gasteiger partial charge in [-0.25, -0.2) is 0 Å². The highest BCUT2D eigenvalue weighted by molar-refractivity contribution is 5.23. The Morgan fingerprint density at radius 3 is 2.00 bits per heavy atom. The fourth-order valence-corrected chi connectivity index (χ4v) is 0.993.